The predicted octanol–water partition coefficient (Wildman–Crippen LogP) is 3.91. The Morgan fingerprint density at radius 2 is 1.60 bits per heavy atom. The lowest BCUT2D eigenvalue weighted by Crippen LogP contribution is -2.44. The fourth-order valence-electron chi connectivity index (χ4n) is 4.30. The lowest BCUT2D eigenvalue weighted by atomic mass is 9.75. The fraction of sp³-hybridized carbons (Fsp3) is 1.00. The highest BCUT2D eigenvalue weighted by Gasteiger charge is 2.31. The van der Waals surface area contributed by atoms with Gasteiger partial charge < -0.3 is 10.2 Å². The maximum atomic E-state index is 3.59. The summed E-state index contributed by atoms with van der Waals surface area (Å²) in [5, 5.41) is 3.59. The number of nitrogens with one attached hydrogen (secondary N) is 1. The van der Waals surface area contributed by atoms with Gasteiger partial charge in [0.15, 0.2) is 0 Å². The van der Waals surface area contributed by atoms with E-state index in [4.69, 9.17) is 0 Å². The van der Waals surface area contributed by atoms with Gasteiger partial charge in [0.2, 0.25) is 0 Å². The van der Waals surface area contributed by atoms with Crippen LogP contribution in [-0.2, 0) is 0 Å². The monoisotopic (exact) mass is 280 g/mol. The zero-order chi connectivity index (χ0) is 14.6. The van der Waals surface area contributed by atoms with E-state index < -0.39 is 0 Å². The van der Waals surface area contributed by atoms with Gasteiger partial charge in [0.1, 0.15) is 0 Å². The van der Waals surface area contributed by atoms with Crippen molar-refractivity contribution in [2.45, 2.75) is 71.8 Å². The van der Waals surface area contributed by atoms with Gasteiger partial charge in [-0.05, 0) is 63.1 Å². The van der Waals surface area contributed by atoms with Crippen molar-refractivity contribution in [2.75, 3.05) is 26.7 Å². The molecule has 1 heterocycles. The van der Waals surface area contributed by atoms with Crippen LogP contribution in [-0.4, -0.2) is 37.6 Å². The largest absolute Gasteiger partial charge is 0.317 e. The zero-order valence-electron chi connectivity index (χ0n) is 14.3. The molecule has 0 amide bonds. The Balaban J connectivity index is 1.81. The van der Waals surface area contributed by atoms with E-state index in [0.29, 0.717) is 5.41 Å². The van der Waals surface area contributed by atoms with Crippen LogP contribution < -0.4 is 5.32 Å². The van der Waals surface area contributed by atoms with Crippen LogP contribution in [0.5, 0.6) is 0 Å². The normalized spacial score (nSPS) is 31.2. The molecule has 0 radical (unpaired) electrons. The summed E-state index contributed by atoms with van der Waals surface area (Å²) in [6.07, 6.45) is 9.95. The molecule has 1 N–H and O–H groups in total. The van der Waals surface area contributed by atoms with Crippen molar-refractivity contribution in [1.82, 2.24) is 10.2 Å². The zero-order valence-corrected chi connectivity index (χ0v) is 14.3. The smallest absolute Gasteiger partial charge is 0.0104 e. The number of nitrogens with zero attached hydrogens (tertiary/aromatic N) is 1. The standard InChI is InChI=1S/C18H36N2/c1-18(2,3)16-10-12-20(13-11-16)14-15-8-6-5-7-9-17(15)19-4/h15-17,19H,5-14H2,1-4H3. The van der Waals surface area contributed by atoms with Crippen molar-refractivity contribution in [3.05, 3.63) is 0 Å². The molecule has 2 aliphatic rings. The second-order valence-electron chi connectivity index (χ2n) is 8.23. The third-order valence-electron chi connectivity index (χ3n) is 5.83. The van der Waals surface area contributed by atoms with Crippen molar-refractivity contribution < 1.29 is 0 Å². The molecule has 2 heteroatoms. The molecule has 0 spiro atoms. The molecule has 0 aromatic carbocycles. The fourth-order valence-corrected chi connectivity index (χ4v) is 4.30. The molecule has 1 saturated heterocycles. The Hall–Kier alpha value is -0.0800. The van der Waals surface area contributed by atoms with Crippen molar-refractivity contribution >= 4 is 0 Å². The molecule has 2 unspecified atom stereocenters. The minimum absolute atomic E-state index is 0.502. The Morgan fingerprint density at radius 3 is 2.20 bits per heavy atom. The summed E-state index contributed by atoms with van der Waals surface area (Å²) in [5.41, 5.74) is 0.502. The van der Waals surface area contributed by atoms with Crippen LogP contribution >= 0.6 is 0 Å². The minimum Gasteiger partial charge on any atom is -0.317 e. The highest BCUT2D eigenvalue weighted by atomic mass is 15.1. The average Bonchev–Trinajstić information content (AvgIpc) is 2.63. The molecular weight excluding hydrogens is 244 g/mol. The van der Waals surface area contributed by atoms with Crippen LogP contribution in [0.2, 0.25) is 0 Å². The topological polar surface area (TPSA) is 15.3 Å². The van der Waals surface area contributed by atoms with Gasteiger partial charge in [0, 0.05) is 12.6 Å². The molecule has 2 fully saturated rings. The maximum absolute atomic E-state index is 3.59. The second kappa shape index (κ2) is 7.26. The summed E-state index contributed by atoms with van der Waals surface area (Å²) in [6.45, 7) is 11.2. The number of hydrogen-bond donors (Lipinski definition) is 1. The highest BCUT2D eigenvalue weighted by molar-refractivity contribution is 4.85. The third kappa shape index (κ3) is 4.46. The van der Waals surface area contributed by atoms with Crippen molar-refractivity contribution in [1.29, 1.82) is 0 Å². The Bertz CT molecular complexity index is 274. The van der Waals surface area contributed by atoms with Gasteiger partial charge in [0.05, 0.1) is 0 Å². The van der Waals surface area contributed by atoms with E-state index in [2.05, 4.69) is 38.0 Å². The summed E-state index contributed by atoms with van der Waals surface area (Å²) in [7, 11) is 2.16. The van der Waals surface area contributed by atoms with Crippen LogP contribution in [0.1, 0.15) is 65.7 Å². The van der Waals surface area contributed by atoms with Crippen molar-refractivity contribution in [3.63, 3.8) is 0 Å². The van der Waals surface area contributed by atoms with Gasteiger partial charge in [-0.2, -0.15) is 0 Å². The van der Waals surface area contributed by atoms with Gasteiger partial charge in [-0.1, -0.05) is 40.0 Å². The van der Waals surface area contributed by atoms with Gasteiger partial charge in [0.25, 0.3) is 0 Å². The molecular formula is C18H36N2. The van der Waals surface area contributed by atoms with Crippen LogP contribution in [0.3, 0.4) is 0 Å². The first-order valence-electron chi connectivity index (χ1n) is 8.90. The summed E-state index contributed by atoms with van der Waals surface area (Å²) >= 11 is 0. The number of hydrogen-bond acceptors (Lipinski definition) is 2. The van der Waals surface area contributed by atoms with E-state index in [1.165, 1.54) is 64.6 Å². The molecule has 1 aliphatic heterocycles. The van der Waals surface area contributed by atoms with E-state index in [1.807, 2.05) is 0 Å². The molecule has 2 atom stereocenters. The van der Waals surface area contributed by atoms with E-state index in [9.17, 15) is 0 Å². The Kier molecular flexibility index (Phi) is 5.92. The van der Waals surface area contributed by atoms with E-state index in [-0.39, 0.29) is 0 Å². The Morgan fingerprint density at radius 1 is 0.950 bits per heavy atom. The molecule has 1 aliphatic carbocycles. The molecule has 1 saturated carbocycles. The highest BCUT2D eigenvalue weighted by Crippen LogP contribution is 2.35. The van der Waals surface area contributed by atoms with Crippen molar-refractivity contribution in [2.24, 2.45) is 17.3 Å². The Labute approximate surface area is 126 Å². The van der Waals surface area contributed by atoms with E-state index in [0.717, 1.165) is 17.9 Å². The molecule has 118 valence electrons. The third-order valence-corrected chi connectivity index (χ3v) is 5.83. The van der Waals surface area contributed by atoms with Gasteiger partial charge in [-0.3, -0.25) is 0 Å². The second-order valence-corrected chi connectivity index (χ2v) is 8.23. The van der Waals surface area contributed by atoms with Gasteiger partial charge in [-0.15, -0.1) is 0 Å². The first-order chi connectivity index (χ1) is 9.50. The quantitative estimate of drug-likeness (QED) is 0.788. The van der Waals surface area contributed by atoms with Gasteiger partial charge >= 0.3 is 0 Å². The lowest BCUT2D eigenvalue weighted by Gasteiger charge is -2.40. The van der Waals surface area contributed by atoms with Crippen molar-refractivity contribution in [3.8, 4) is 0 Å². The summed E-state index contributed by atoms with van der Waals surface area (Å²) in [4.78, 5) is 2.75. The van der Waals surface area contributed by atoms with Crippen LogP contribution in [0.4, 0.5) is 0 Å². The maximum Gasteiger partial charge on any atom is 0.0104 e. The average molecular weight is 281 g/mol. The molecule has 0 aromatic rings. The minimum atomic E-state index is 0.502. The number of rotatable bonds is 3. The van der Waals surface area contributed by atoms with Crippen LogP contribution in [0, 0.1) is 17.3 Å². The van der Waals surface area contributed by atoms with Gasteiger partial charge in [-0.25, -0.2) is 0 Å². The number of piperidine rings is 1. The SMILES string of the molecule is CNC1CCCCCC1CN1CCC(C(C)(C)C)CC1. The summed E-state index contributed by atoms with van der Waals surface area (Å²) in [6, 6.07) is 0.762. The van der Waals surface area contributed by atoms with Crippen LogP contribution in [0.25, 0.3) is 0 Å². The molecule has 0 aromatic heterocycles. The molecule has 2 nitrogen and oxygen atoms in total. The first-order valence-corrected chi connectivity index (χ1v) is 8.90. The van der Waals surface area contributed by atoms with Crippen LogP contribution in [0.15, 0.2) is 0 Å². The van der Waals surface area contributed by atoms with E-state index >= 15 is 0 Å². The molecule has 2 rings (SSSR count). The summed E-state index contributed by atoms with van der Waals surface area (Å²) in [5.74, 6) is 1.81. The summed E-state index contributed by atoms with van der Waals surface area (Å²) < 4.78 is 0. The molecule has 20 heavy (non-hydrogen) atoms. The first kappa shape index (κ1) is 16.3. The van der Waals surface area contributed by atoms with E-state index in [1.54, 1.807) is 0 Å². The number of likely N-dealkylation sites (tertiary alicyclic amines) is 1. The predicted molar refractivity (Wildman–Crippen MR) is 88.0 cm³/mol. The molecule has 0 bridgehead atoms. The lowest BCUT2D eigenvalue weighted by molar-refractivity contribution is 0.0938.